The highest BCUT2D eigenvalue weighted by Gasteiger charge is 2.51. The van der Waals surface area contributed by atoms with Crippen LogP contribution in [-0.4, -0.2) is 6.04 Å². The van der Waals surface area contributed by atoms with E-state index in [0.717, 1.165) is 35.5 Å². The molecule has 0 heterocycles. The minimum Gasteiger partial charge on any atom is -0.324 e. The van der Waals surface area contributed by atoms with E-state index in [1.165, 1.54) is 44.9 Å². The van der Waals surface area contributed by atoms with Crippen LogP contribution < -0.4 is 5.73 Å². The molecule has 5 aliphatic rings. The van der Waals surface area contributed by atoms with E-state index in [1.807, 2.05) is 5.57 Å². The molecule has 2 N–H and O–H groups in total. The Morgan fingerprint density at radius 2 is 1.86 bits per heavy atom. The Labute approximate surface area is 128 Å². The fourth-order valence-electron chi connectivity index (χ4n) is 6.60. The maximum atomic E-state index is 6.31. The summed E-state index contributed by atoms with van der Waals surface area (Å²) in [5.41, 5.74) is 9.89. The van der Waals surface area contributed by atoms with Crippen LogP contribution in [0.5, 0.6) is 0 Å². The van der Waals surface area contributed by atoms with Crippen molar-refractivity contribution in [2.24, 2.45) is 41.2 Å². The van der Waals surface area contributed by atoms with Gasteiger partial charge in [-0.25, -0.2) is 0 Å². The van der Waals surface area contributed by atoms with Gasteiger partial charge in [-0.1, -0.05) is 29.9 Å². The van der Waals surface area contributed by atoms with Gasteiger partial charge in [-0.05, 0) is 80.1 Å². The molecular formula is C20H27N. The van der Waals surface area contributed by atoms with Gasteiger partial charge in [0.15, 0.2) is 0 Å². The molecule has 2 saturated carbocycles. The summed E-state index contributed by atoms with van der Waals surface area (Å²) in [4.78, 5) is 0. The van der Waals surface area contributed by atoms with Crippen molar-refractivity contribution >= 4 is 0 Å². The summed E-state index contributed by atoms with van der Waals surface area (Å²) < 4.78 is 0. The first kappa shape index (κ1) is 12.7. The molecule has 1 heteroatoms. The number of fused-ring (bicyclic) bond motifs is 5. The molecule has 1 nitrogen and oxygen atoms in total. The molecule has 7 atom stereocenters. The summed E-state index contributed by atoms with van der Waals surface area (Å²) in [7, 11) is 0. The summed E-state index contributed by atoms with van der Waals surface area (Å²) in [5.74, 6) is 5.43. The summed E-state index contributed by atoms with van der Waals surface area (Å²) in [6.07, 6.45) is 19.5. The molecule has 112 valence electrons. The van der Waals surface area contributed by atoms with Crippen molar-refractivity contribution in [2.75, 3.05) is 0 Å². The minimum atomic E-state index is 0.312. The average molecular weight is 281 g/mol. The number of allylic oxidation sites excluding steroid dienone is 5. The monoisotopic (exact) mass is 281 g/mol. The van der Waals surface area contributed by atoms with Crippen LogP contribution in [0.3, 0.4) is 0 Å². The third-order valence-electron chi connectivity index (χ3n) is 7.34. The number of hydrogen-bond donors (Lipinski definition) is 1. The predicted molar refractivity (Wildman–Crippen MR) is 86.5 cm³/mol. The van der Waals surface area contributed by atoms with Crippen LogP contribution in [0.4, 0.5) is 0 Å². The van der Waals surface area contributed by atoms with Gasteiger partial charge in [-0.2, -0.15) is 0 Å². The molecule has 2 fully saturated rings. The van der Waals surface area contributed by atoms with E-state index < -0.39 is 0 Å². The van der Waals surface area contributed by atoms with Crippen LogP contribution in [0.25, 0.3) is 0 Å². The summed E-state index contributed by atoms with van der Waals surface area (Å²) in [6.45, 7) is 0. The van der Waals surface area contributed by atoms with Crippen LogP contribution in [0.15, 0.2) is 35.5 Å². The first-order chi connectivity index (χ1) is 10.3. The predicted octanol–water partition coefficient (Wildman–Crippen LogP) is 4.22. The van der Waals surface area contributed by atoms with Crippen molar-refractivity contribution < 1.29 is 0 Å². The standard InChI is InChI=1S/C20H27N/c21-13-6-8-17-15-4-2-1-3-14(15)16-7-5-12-9-18(16)19(10-12)20(17)11-13/h1,3,6,8,12-13,16-20H,2,4-5,7,9-11,21H2. The Kier molecular flexibility index (Phi) is 2.77. The summed E-state index contributed by atoms with van der Waals surface area (Å²) in [6, 6.07) is 0.312. The molecule has 7 unspecified atom stereocenters. The van der Waals surface area contributed by atoms with Crippen molar-refractivity contribution in [2.45, 2.75) is 51.0 Å². The lowest BCUT2D eigenvalue weighted by Crippen LogP contribution is -2.35. The van der Waals surface area contributed by atoms with Crippen molar-refractivity contribution in [3.63, 3.8) is 0 Å². The maximum absolute atomic E-state index is 6.31. The van der Waals surface area contributed by atoms with Gasteiger partial charge in [-0.15, -0.1) is 0 Å². The van der Waals surface area contributed by atoms with Gasteiger partial charge < -0.3 is 5.73 Å². The van der Waals surface area contributed by atoms with Gasteiger partial charge >= 0.3 is 0 Å². The highest BCUT2D eigenvalue weighted by Crippen LogP contribution is 2.60. The van der Waals surface area contributed by atoms with Crippen molar-refractivity contribution in [1.82, 2.24) is 0 Å². The highest BCUT2D eigenvalue weighted by molar-refractivity contribution is 5.39. The molecule has 0 amide bonds. The highest BCUT2D eigenvalue weighted by atomic mass is 14.7. The lowest BCUT2D eigenvalue weighted by molar-refractivity contribution is 0.176. The van der Waals surface area contributed by atoms with Crippen LogP contribution in [0.2, 0.25) is 0 Å². The Morgan fingerprint density at radius 3 is 2.81 bits per heavy atom. The Morgan fingerprint density at radius 1 is 0.952 bits per heavy atom. The zero-order valence-electron chi connectivity index (χ0n) is 12.9. The Hall–Kier alpha value is -0.820. The molecule has 5 rings (SSSR count). The normalized spacial score (nSPS) is 50.6. The maximum Gasteiger partial charge on any atom is 0.0226 e. The number of nitrogens with two attached hydrogens (primary N) is 1. The Balaban J connectivity index is 1.66. The van der Waals surface area contributed by atoms with Crippen molar-refractivity contribution in [1.29, 1.82) is 0 Å². The molecule has 0 saturated heterocycles. The molecule has 0 aromatic heterocycles. The van der Waals surface area contributed by atoms with E-state index in [0.29, 0.717) is 6.04 Å². The van der Waals surface area contributed by atoms with E-state index in [1.54, 1.807) is 5.57 Å². The molecule has 21 heavy (non-hydrogen) atoms. The van der Waals surface area contributed by atoms with Crippen LogP contribution in [0.1, 0.15) is 44.9 Å². The summed E-state index contributed by atoms with van der Waals surface area (Å²) >= 11 is 0. The van der Waals surface area contributed by atoms with E-state index in [4.69, 9.17) is 5.73 Å². The second-order valence-electron chi connectivity index (χ2n) is 8.24. The topological polar surface area (TPSA) is 26.0 Å². The molecular weight excluding hydrogens is 254 g/mol. The lowest BCUT2D eigenvalue weighted by atomic mass is 9.69. The van der Waals surface area contributed by atoms with Gasteiger partial charge in [0.25, 0.3) is 0 Å². The van der Waals surface area contributed by atoms with E-state index >= 15 is 0 Å². The third-order valence-corrected chi connectivity index (χ3v) is 7.34. The van der Waals surface area contributed by atoms with Crippen molar-refractivity contribution in [3.8, 4) is 0 Å². The SMILES string of the molecule is NC1C=CC2C3=C(C=CCC3)C3CCC4CC3C(C4)C2C1. The zero-order chi connectivity index (χ0) is 14.0. The molecule has 2 bridgehead atoms. The second-order valence-corrected chi connectivity index (χ2v) is 8.24. The lowest BCUT2D eigenvalue weighted by Gasteiger charge is -2.37. The molecule has 0 aliphatic heterocycles. The van der Waals surface area contributed by atoms with Gasteiger partial charge in [0.05, 0.1) is 0 Å². The molecule has 0 aromatic rings. The number of hydrogen-bond acceptors (Lipinski definition) is 1. The largest absolute Gasteiger partial charge is 0.324 e. The fourth-order valence-corrected chi connectivity index (χ4v) is 6.60. The molecule has 0 aromatic carbocycles. The van der Waals surface area contributed by atoms with Gasteiger partial charge in [-0.3, -0.25) is 0 Å². The first-order valence-corrected chi connectivity index (χ1v) is 9.14. The summed E-state index contributed by atoms with van der Waals surface area (Å²) in [5, 5.41) is 0. The fraction of sp³-hybridized carbons (Fsp3) is 0.700. The van der Waals surface area contributed by atoms with Crippen molar-refractivity contribution in [3.05, 3.63) is 35.5 Å². The van der Waals surface area contributed by atoms with Gasteiger partial charge in [0.1, 0.15) is 0 Å². The van der Waals surface area contributed by atoms with E-state index in [2.05, 4.69) is 24.3 Å². The van der Waals surface area contributed by atoms with E-state index in [9.17, 15) is 0 Å². The van der Waals surface area contributed by atoms with E-state index in [-0.39, 0.29) is 0 Å². The smallest absolute Gasteiger partial charge is 0.0226 e. The molecule has 5 aliphatic carbocycles. The van der Waals surface area contributed by atoms with Gasteiger partial charge in [0.2, 0.25) is 0 Å². The quantitative estimate of drug-likeness (QED) is 0.661. The third kappa shape index (κ3) is 1.79. The van der Waals surface area contributed by atoms with Gasteiger partial charge in [0, 0.05) is 12.0 Å². The van der Waals surface area contributed by atoms with Crippen LogP contribution >= 0.6 is 0 Å². The zero-order valence-corrected chi connectivity index (χ0v) is 12.9. The first-order valence-electron chi connectivity index (χ1n) is 9.14. The van der Waals surface area contributed by atoms with Crippen LogP contribution in [-0.2, 0) is 0 Å². The molecule has 0 spiro atoms. The minimum absolute atomic E-state index is 0.312. The second kappa shape index (κ2) is 4.59. The Bertz CT molecular complexity index is 540. The number of rotatable bonds is 0. The van der Waals surface area contributed by atoms with Crippen LogP contribution in [0, 0.1) is 35.5 Å². The average Bonchev–Trinajstić information content (AvgIpc) is 2.80. The molecule has 0 radical (unpaired) electrons.